The molecule has 0 unspecified atom stereocenters. The van der Waals surface area contributed by atoms with Gasteiger partial charge in [0.1, 0.15) is 0 Å². The van der Waals surface area contributed by atoms with Crippen LogP contribution in [0.3, 0.4) is 0 Å². The van der Waals surface area contributed by atoms with Crippen LogP contribution in [0.1, 0.15) is 22.8 Å². The summed E-state index contributed by atoms with van der Waals surface area (Å²) in [6.45, 7) is 1.39. The molecule has 0 saturated heterocycles. The highest BCUT2D eigenvalue weighted by atomic mass is 16.5. The van der Waals surface area contributed by atoms with Gasteiger partial charge in [-0.15, -0.1) is 0 Å². The van der Waals surface area contributed by atoms with E-state index >= 15 is 0 Å². The lowest BCUT2D eigenvalue weighted by atomic mass is 10.0. The van der Waals surface area contributed by atoms with Gasteiger partial charge in [0.2, 0.25) is 6.41 Å². The number of carbonyl (C=O) groups excluding carboxylic acids is 3. The molecule has 0 fully saturated rings. The molecule has 2 rings (SSSR count). The van der Waals surface area contributed by atoms with E-state index in [1.54, 1.807) is 48.5 Å². The number of hydrogen-bond donors (Lipinski definition) is 1. The zero-order valence-corrected chi connectivity index (χ0v) is 14.0. The molecular weight excluding hydrogens is 322 g/mol. The molecule has 0 aliphatic heterocycles. The molecule has 6 heteroatoms. The Morgan fingerprint density at radius 2 is 1.60 bits per heavy atom. The third kappa shape index (κ3) is 4.10. The molecule has 0 aromatic heterocycles. The number of rotatable bonds is 7. The normalized spacial score (nSPS) is 12.8. The van der Waals surface area contributed by atoms with Crippen molar-refractivity contribution in [2.24, 2.45) is 0 Å². The molecular formula is C19H19NO5. The molecule has 2 aromatic carbocycles. The zero-order valence-electron chi connectivity index (χ0n) is 14.0. The monoisotopic (exact) mass is 341 g/mol. The lowest BCUT2D eigenvalue weighted by molar-refractivity contribution is -0.145. The summed E-state index contributed by atoms with van der Waals surface area (Å²) >= 11 is 0. The summed E-state index contributed by atoms with van der Waals surface area (Å²) in [7, 11) is 1.18. The third-order valence-corrected chi connectivity index (χ3v) is 3.78. The van der Waals surface area contributed by atoms with Gasteiger partial charge in [-0.2, -0.15) is 0 Å². The van der Waals surface area contributed by atoms with E-state index in [0.29, 0.717) is 23.2 Å². The Morgan fingerprint density at radius 1 is 1.04 bits per heavy atom. The van der Waals surface area contributed by atoms with Crippen molar-refractivity contribution >= 4 is 23.9 Å². The molecule has 0 bridgehead atoms. The molecule has 130 valence electrons. The lowest BCUT2D eigenvalue weighted by Crippen LogP contribution is -2.48. The Labute approximate surface area is 145 Å². The number of carbonyl (C=O) groups is 3. The molecule has 0 aliphatic carbocycles. The van der Waals surface area contributed by atoms with Crippen molar-refractivity contribution in [3.63, 3.8) is 0 Å². The molecule has 0 saturated carbocycles. The van der Waals surface area contributed by atoms with Gasteiger partial charge >= 0.3 is 5.97 Å². The van der Waals surface area contributed by atoms with Crippen LogP contribution in [0.2, 0.25) is 0 Å². The number of amides is 1. The van der Waals surface area contributed by atoms with Gasteiger partial charge in [-0.3, -0.25) is 14.5 Å². The fraction of sp³-hybridized carbons (Fsp3) is 0.211. The minimum Gasteiger partial charge on any atom is -0.467 e. The van der Waals surface area contributed by atoms with E-state index in [2.05, 4.69) is 4.74 Å². The van der Waals surface area contributed by atoms with Gasteiger partial charge < -0.3 is 9.84 Å². The zero-order chi connectivity index (χ0) is 18.4. The van der Waals surface area contributed by atoms with Gasteiger partial charge in [-0.1, -0.05) is 30.3 Å². The Balaban J connectivity index is 2.29. The first-order valence-electron chi connectivity index (χ1n) is 7.69. The number of aliphatic hydroxyl groups excluding tert-OH is 1. The average molecular weight is 341 g/mol. The van der Waals surface area contributed by atoms with Crippen molar-refractivity contribution in [2.45, 2.75) is 19.1 Å². The second kappa shape index (κ2) is 8.21. The number of ketones is 1. The van der Waals surface area contributed by atoms with Gasteiger partial charge in [-0.25, -0.2) is 4.79 Å². The van der Waals surface area contributed by atoms with Gasteiger partial charge in [-0.05, 0) is 31.2 Å². The summed E-state index contributed by atoms with van der Waals surface area (Å²) in [5.74, 6) is -0.878. The van der Waals surface area contributed by atoms with Crippen LogP contribution in [0.5, 0.6) is 0 Å². The summed E-state index contributed by atoms with van der Waals surface area (Å²) in [6.07, 6.45) is -0.675. The number of nitrogens with zero attached hydrogens (tertiary/aromatic N) is 1. The molecule has 2 atom stereocenters. The molecule has 0 spiro atoms. The van der Waals surface area contributed by atoms with E-state index in [1.807, 2.05) is 6.07 Å². The molecule has 1 N–H and O–H groups in total. The van der Waals surface area contributed by atoms with Gasteiger partial charge in [0, 0.05) is 16.8 Å². The van der Waals surface area contributed by atoms with Crippen LogP contribution in [-0.4, -0.2) is 42.5 Å². The predicted octanol–water partition coefficient (Wildman–Crippen LogP) is 1.80. The van der Waals surface area contributed by atoms with E-state index < -0.39 is 18.1 Å². The summed E-state index contributed by atoms with van der Waals surface area (Å²) in [4.78, 5) is 36.8. The topological polar surface area (TPSA) is 83.9 Å². The van der Waals surface area contributed by atoms with Crippen LogP contribution < -0.4 is 4.90 Å². The Kier molecular flexibility index (Phi) is 6.03. The van der Waals surface area contributed by atoms with Crippen LogP contribution in [-0.2, 0) is 14.3 Å². The Morgan fingerprint density at radius 3 is 2.08 bits per heavy atom. The number of benzene rings is 2. The van der Waals surface area contributed by atoms with Crippen molar-refractivity contribution in [1.29, 1.82) is 0 Å². The number of aliphatic hydroxyl groups is 1. The van der Waals surface area contributed by atoms with E-state index in [1.165, 1.54) is 14.0 Å². The van der Waals surface area contributed by atoms with Crippen molar-refractivity contribution in [1.82, 2.24) is 0 Å². The summed E-state index contributed by atoms with van der Waals surface area (Å²) < 4.78 is 4.64. The second-order valence-corrected chi connectivity index (χ2v) is 5.46. The Hall–Kier alpha value is -2.99. The van der Waals surface area contributed by atoms with Crippen LogP contribution in [0.4, 0.5) is 5.69 Å². The average Bonchev–Trinajstić information content (AvgIpc) is 2.65. The molecule has 0 radical (unpaired) electrons. The van der Waals surface area contributed by atoms with Crippen molar-refractivity contribution in [3.8, 4) is 0 Å². The maximum absolute atomic E-state index is 12.4. The number of ether oxygens (including phenoxy) is 1. The van der Waals surface area contributed by atoms with Crippen molar-refractivity contribution in [2.75, 3.05) is 12.0 Å². The smallest absolute Gasteiger partial charge is 0.331 e. The Bertz CT molecular complexity index is 740. The first-order chi connectivity index (χ1) is 12.0. The molecule has 25 heavy (non-hydrogen) atoms. The predicted molar refractivity (Wildman–Crippen MR) is 92.3 cm³/mol. The maximum atomic E-state index is 12.4. The second-order valence-electron chi connectivity index (χ2n) is 5.46. The fourth-order valence-electron chi connectivity index (χ4n) is 2.49. The molecule has 1 amide bonds. The lowest BCUT2D eigenvalue weighted by Gasteiger charge is -2.28. The SMILES string of the molecule is COC(=O)[C@H]([C@@H](C)O)N(C=O)c1ccc(C(=O)c2ccccc2)cc1. The molecule has 0 aliphatic rings. The highest BCUT2D eigenvalue weighted by molar-refractivity contribution is 6.09. The quantitative estimate of drug-likeness (QED) is 0.472. The summed E-state index contributed by atoms with van der Waals surface area (Å²) in [5, 5.41) is 9.81. The van der Waals surface area contributed by atoms with Gasteiger partial charge in [0.15, 0.2) is 11.8 Å². The van der Waals surface area contributed by atoms with Crippen LogP contribution >= 0.6 is 0 Å². The van der Waals surface area contributed by atoms with Gasteiger partial charge in [0.05, 0.1) is 13.2 Å². The highest BCUT2D eigenvalue weighted by Crippen LogP contribution is 2.20. The van der Waals surface area contributed by atoms with E-state index in [-0.39, 0.29) is 5.78 Å². The number of hydrogen-bond acceptors (Lipinski definition) is 5. The molecule has 2 aromatic rings. The first-order valence-corrected chi connectivity index (χ1v) is 7.69. The maximum Gasteiger partial charge on any atom is 0.331 e. The highest BCUT2D eigenvalue weighted by Gasteiger charge is 2.31. The largest absolute Gasteiger partial charge is 0.467 e. The number of esters is 1. The van der Waals surface area contributed by atoms with Crippen LogP contribution in [0.15, 0.2) is 54.6 Å². The van der Waals surface area contributed by atoms with E-state index in [0.717, 1.165) is 4.90 Å². The van der Waals surface area contributed by atoms with Crippen LogP contribution in [0, 0.1) is 0 Å². The third-order valence-electron chi connectivity index (χ3n) is 3.78. The van der Waals surface area contributed by atoms with Gasteiger partial charge in [0.25, 0.3) is 0 Å². The molecule has 6 nitrogen and oxygen atoms in total. The molecule has 0 heterocycles. The van der Waals surface area contributed by atoms with Crippen molar-refractivity contribution < 1.29 is 24.2 Å². The summed E-state index contributed by atoms with van der Waals surface area (Å²) in [6, 6.07) is 13.9. The minimum atomic E-state index is -1.17. The van der Waals surface area contributed by atoms with Crippen molar-refractivity contribution in [3.05, 3.63) is 65.7 Å². The number of methoxy groups -OCH3 is 1. The van der Waals surface area contributed by atoms with E-state index in [9.17, 15) is 19.5 Å². The standard InChI is InChI=1S/C19H19NO5/c1-13(22)17(19(24)25-2)20(12-21)16-10-8-15(9-11-16)18(23)14-6-4-3-5-7-14/h3-13,17,22H,1-2H3/t13-,17+/m1/s1. The van der Waals surface area contributed by atoms with Crippen LogP contribution in [0.25, 0.3) is 0 Å². The summed E-state index contributed by atoms with van der Waals surface area (Å²) in [5.41, 5.74) is 1.38. The fourth-order valence-corrected chi connectivity index (χ4v) is 2.49. The minimum absolute atomic E-state index is 0.148. The first kappa shape index (κ1) is 18.4. The van der Waals surface area contributed by atoms with E-state index in [4.69, 9.17) is 0 Å². The number of anilines is 1.